The number of nitrogens with one attached hydrogen (secondary N) is 2. The standard InChI is InChI=1S/C38H41N3O10/c1-21-8-10-26-25(14-21)38(42)40-37(39-26)22-9-11-28(30(15-22)43-2)49-12-13-50-36-33(46-5)16-23(17-34(36)47-6)27-20-29(51-41-27)24-18-31(44-3)35(48-7)32(19-24)45-4/h8-11,14-19,29,37,39H,12-13,20H2,1-7H3,(H,40,42). The van der Waals surface area contributed by atoms with Gasteiger partial charge in [0.05, 0.1) is 53.9 Å². The molecule has 0 saturated heterocycles. The Morgan fingerprint density at radius 2 is 1.29 bits per heavy atom. The van der Waals surface area contributed by atoms with Gasteiger partial charge in [0.1, 0.15) is 19.4 Å². The van der Waals surface area contributed by atoms with Crippen LogP contribution >= 0.6 is 0 Å². The lowest BCUT2D eigenvalue weighted by atomic mass is 9.99. The van der Waals surface area contributed by atoms with E-state index in [2.05, 4.69) is 15.8 Å². The average Bonchev–Trinajstić information content (AvgIpc) is 3.66. The molecule has 0 bridgehead atoms. The van der Waals surface area contributed by atoms with Crippen LogP contribution in [0.5, 0.6) is 46.0 Å². The van der Waals surface area contributed by atoms with Gasteiger partial charge in [-0.3, -0.25) is 4.79 Å². The number of oxime groups is 1. The Balaban J connectivity index is 1.10. The first-order valence-electron chi connectivity index (χ1n) is 16.2. The monoisotopic (exact) mass is 699 g/mol. The fraction of sp³-hybridized carbons (Fsp3) is 0.316. The Hall–Kier alpha value is -5.98. The number of nitrogens with zero attached hydrogens (tertiary/aromatic N) is 1. The van der Waals surface area contributed by atoms with Crippen molar-refractivity contribution in [3.05, 3.63) is 88.5 Å². The Labute approximate surface area is 296 Å². The molecule has 0 fully saturated rings. The number of hydrogen-bond acceptors (Lipinski definition) is 12. The highest BCUT2D eigenvalue weighted by molar-refractivity contribution is 6.03. The van der Waals surface area contributed by atoms with Gasteiger partial charge in [0.15, 0.2) is 40.6 Å². The number of hydrogen-bond donors (Lipinski definition) is 2. The molecule has 2 unspecified atom stereocenters. The minimum absolute atomic E-state index is 0.141. The van der Waals surface area contributed by atoms with Gasteiger partial charge in [-0.1, -0.05) is 22.9 Å². The summed E-state index contributed by atoms with van der Waals surface area (Å²) < 4.78 is 45.6. The molecule has 6 rings (SSSR count). The molecular weight excluding hydrogens is 658 g/mol. The van der Waals surface area contributed by atoms with Crippen LogP contribution < -0.4 is 48.5 Å². The van der Waals surface area contributed by atoms with Crippen molar-refractivity contribution < 1.29 is 47.5 Å². The Kier molecular flexibility index (Phi) is 10.4. The summed E-state index contributed by atoms with van der Waals surface area (Å²) >= 11 is 0. The van der Waals surface area contributed by atoms with Crippen LogP contribution in [0.15, 0.2) is 65.8 Å². The maximum Gasteiger partial charge on any atom is 0.255 e. The van der Waals surface area contributed by atoms with Gasteiger partial charge in [0, 0.05) is 23.2 Å². The molecular formula is C38H41N3O10. The smallest absolute Gasteiger partial charge is 0.255 e. The van der Waals surface area contributed by atoms with Crippen molar-refractivity contribution >= 4 is 17.3 Å². The van der Waals surface area contributed by atoms with Crippen LogP contribution in [0.25, 0.3) is 0 Å². The van der Waals surface area contributed by atoms with E-state index in [1.807, 2.05) is 61.5 Å². The number of methoxy groups -OCH3 is 6. The van der Waals surface area contributed by atoms with Crippen LogP contribution in [-0.4, -0.2) is 67.5 Å². The van der Waals surface area contributed by atoms with Crippen LogP contribution in [0.4, 0.5) is 5.69 Å². The predicted molar refractivity (Wildman–Crippen MR) is 190 cm³/mol. The third kappa shape index (κ3) is 7.18. The molecule has 2 atom stereocenters. The molecule has 0 aliphatic carbocycles. The molecule has 2 aliphatic heterocycles. The summed E-state index contributed by atoms with van der Waals surface area (Å²) in [6.45, 7) is 2.34. The molecule has 4 aromatic carbocycles. The summed E-state index contributed by atoms with van der Waals surface area (Å²) in [5.41, 5.74) is 5.51. The van der Waals surface area contributed by atoms with Crippen molar-refractivity contribution in [3.63, 3.8) is 0 Å². The molecule has 0 spiro atoms. The maximum atomic E-state index is 12.8. The van der Waals surface area contributed by atoms with E-state index in [-0.39, 0.29) is 25.2 Å². The number of aryl methyl sites for hydroxylation is 1. The van der Waals surface area contributed by atoms with E-state index in [1.165, 1.54) is 0 Å². The second-order valence-electron chi connectivity index (χ2n) is 11.7. The van der Waals surface area contributed by atoms with E-state index < -0.39 is 6.17 Å². The zero-order chi connectivity index (χ0) is 36.1. The molecule has 268 valence electrons. The van der Waals surface area contributed by atoms with Crippen LogP contribution in [0.2, 0.25) is 0 Å². The predicted octanol–water partition coefficient (Wildman–Crippen LogP) is 6.22. The molecule has 51 heavy (non-hydrogen) atoms. The van der Waals surface area contributed by atoms with Gasteiger partial charge in [-0.15, -0.1) is 0 Å². The minimum Gasteiger partial charge on any atom is -0.493 e. The van der Waals surface area contributed by atoms with Crippen LogP contribution in [0.1, 0.15) is 51.3 Å². The topological polar surface area (TPSA) is 137 Å². The van der Waals surface area contributed by atoms with E-state index in [1.54, 1.807) is 48.7 Å². The van der Waals surface area contributed by atoms with Crippen molar-refractivity contribution in [2.24, 2.45) is 5.16 Å². The van der Waals surface area contributed by atoms with E-state index in [0.29, 0.717) is 63.7 Å². The third-order valence-electron chi connectivity index (χ3n) is 8.62. The lowest BCUT2D eigenvalue weighted by molar-refractivity contribution is 0.0853. The normalized spacial score (nSPS) is 16.1. The lowest BCUT2D eigenvalue weighted by Gasteiger charge is -2.28. The molecule has 4 aromatic rings. The molecule has 2 heterocycles. The summed E-state index contributed by atoms with van der Waals surface area (Å²) in [5, 5.41) is 10.8. The summed E-state index contributed by atoms with van der Waals surface area (Å²) in [6, 6.07) is 18.6. The number of rotatable bonds is 14. The van der Waals surface area contributed by atoms with Crippen LogP contribution in [-0.2, 0) is 4.84 Å². The van der Waals surface area contributed by atoms with Crippen molar-refractivity contribution in [1.29, 1.82) is 0 Å². The van der Waals surface area contributed by atoms with Crippen molar-refractivity contribution in [1.82, 2.24) is 5.32 Å². The fourth-order valence-corrected chi connectivity index (χ4v) is 6.02. The maximum absolute atomic E-state index is 12.8. The van der Waals surface area contributed by atoms with Crippen LogP contribution in [0, 0.1) is 6.92 Å². The summed E-state index contributed by atoms with van der Waals surface area (Å²) in [6.07, 6.45) is -0.317. The first kappa shape index (κ1) is 34.9. The molecule has 0 radical (unpaired) electrons. The van der Waals surface area contributed by atoms with Gasteiger partial charge in [-0.25, -0.2) is 0 Å². The first-order chi connectivity index (χ1) is 24.8. The van der Waals surface area contributed by atoms with Crippen molar-refractivity contribution in [2.45, 2.75) is 25.6 Å². The summed E-state index contributed by atoms with van der Waals surface area (Å²) in [7, 11) is 9.38. The molecule has 0 aromatic heterocycles. The molecule has 0 saturated carbocycles. The Morgan fingerprint density at radius 3 is 1.94 bits per heavy atom. The average molecular weight is 700 g/mol. The number of carbonyl (C=O) groups excluding carboxylic acids is 1. The second kappa shape index (κ2) is 15.3. The number of ether oxygens (including phenoxy) is 8. The van der Waals surface area contributed by atoms with E-state index in [0.717, 1.165) is 27.9 Å². The van der Waals surface area contributed by atoms with E-state index in [4.69, 9.17) is 42.7 Å². The summed E-state index contributed by atoms with van der Waals surface area (Å²) in [4.78, 5) is 18.6. The Bertz CT molecular complexity index is 1900. The number of anilines is 1. The van der Waals surface area contributed by atoms with Gasteiger partial charge in [-0.05, 0) is 61.0 Å². The minimum atomic E-state index is -0.427. The molecule has 2 N–H and O–H groups in total. The fourth-order valence-electron chi connectivity index (χ4n) is 6.02. The molecule has 13 heteroatoms. The number of carbonyl (C=O) groups is 1. The number of benzene rings is 4. The molecule has 13 nitrogen and oxygen atoms in total. The highest BCUT2D eigenvalue weighted by Gasteiger charge is 2.29. The van der Waals surface area contributed by atoms with E-state index >= 15 is 0 Å². The largest absolute Gasteiger partial charge is 0.493 e. The Morgan fingerprint density at radius 1 is 0.667 bits per heavy atom. The van der Waals surface area contributed by atoms with Gasteiger partial charge in [-0.2, -0.15) is 0 Å². The molecule has 1 amide bonds. The van der Waals surface area contributed by atoms with Gasteiger partial charge >= 0.3 is 0 Å². The van der Waals surface area contributed by atoms with Gasteiger partial charge in [0.25, 0.3) is 5.91 Å². The SMILES string of the molecule is COc1cc(C2NC(=O)c3cc(C)ccc3N2)ccc1OCCOc1c(OC)cc(C2=NOC(c3cc(OC)c(OC)c(OC)c3)C2)cc1OC. The zero-order valence-electron chi connectivity index (χ0n) is 29.6. The zero-order valence-corrected chi connectivity index (χ0v) is 29.6. The second-order valence-corrected chi connectivity index (χ2v) is 11.7. The first-order valence-corrected chi connectivity index (χ1v) is 16.2. The lowest BCUT2D eigenvalue weighted by Crippen LogP contribution is -2.38. The van der Waals surface area contributed by atoms with E-state index in [9.17, 15) is 4.79 Å². The van der Waals surface area contributed by atoms with Crippen molar-refractivity contribution in [2.75, 3.05) is 61.2 Å². The number of amides is 1. The van der Waals surface area contributed by atoms with Crippen LogP contribution in [0.3, 0.4) is 0 Å². The highest BCUT2D eigenvalue weighted by Crippen LogP contribution is 2.44. The highest BCUT2D eigenvalue weighted by atomic mass is 16.6. The quantitative estimate of drug-likeness (QED) is 0.145. The number of fused-ring (bicyclic) bond motifs is 1. The third-order valence-corrected chi connectivity index (χ3v) is 8.62. The van der Waals surface area contributed by atoms with Gasteiger partial charge in [0.2, 0.25) is 11.5 Å². The summed E-state index contributed by atoms with van der Waals surface area (Å²) in [5.74, 6) is 3.80. The van der Waals surface area contributed by atoms with Gasteiger partial charge < -0.3 is 53.4 Å². The molecule has 2 aliphatic rings. The van der Waals surface area contributed by atoms with Crippen molar-refractivity contribution in [3.8, 4) is 46.0 Å².